The van der Waals surface area contributed by atoms with E-state index in [0.717, 1.165) is 36.8 Å². The number of methoxy groups -OCH3 is 1. The molecule has 3 aromatic rings. The van der Waals surface area contributed by atoms with Gasteiger partial charge in [-0.25, -0.2) is 9.97 Å². The molecule has 1 fully saturated rings. The quantitative estimate of drug-likeness (QED) is 0.304. The number of benzene rings is 2. The molecule has 0 amide bonds. The third-order valence-electron chi connectivity index (χ3n) is 6.19. The lowest BCUT2D eigenvalue weighted by Crippen LogP contribution is -2.49. The fourth-order valence-electron chi connectivity index (χ4n) is 4.20. The average Bonchev–Trinajstić information content (AvgIpc) is 2.89. The van der Waals surface area contributed by atoms with Gasteiger partial charge in [0.15, 0.2) is 11.5 Å². The molecule has 0 spiro atoms. The van der Waals surface area contributed by atoms with E-state index in [4.69, 9.17) is 37.4 Å². The van der Waals surface area contributed by atoms with Crippen molar-refractivity contribution in [3.05, 3.63) is 46.7 Å². The monoisotopic (exact) mass is 534 g/mol. The van der Waals surface area contributed by atoms with Crippen molar-refractivity contribution >= 4 is 45.6 Å². The second-order valence-electron chi connectivity index (χ2n) is 8.77. The molecule has 4 rings (SSSR count). The Morgan fingerprint density at radius 2 is 2.03 bits per heavy atom. The zero-order valence-corrected chi connectivity index (χ0v) is 22.1. The van der Waals surface area contributed by atoms with Crippen LogP contribution in [0.3, 0.4) is 0 Å². The molecule has 2 unspecified atom stereocenters. The smallest absolute Gasteiger partial charge is 0.163 e. The highest BCUT2D eigenvalue weighted by molar-refractivity contribution is 6.42. The van der Waals surface area contributed by atoms with Gasteiger partial charge in [-0.3, -0.25) is 4.90 Å². The highest BCUT2D eigenvalue weighted by atomic mass is 35.5. The predicted molar refractivity (Wildman–Crippen MR) is 143 cm³/mol. The number of nitrogens with zero attached hydrogens (tertiary/aromatic N) is 3. The zero-order valence-electron chi connectivity index (χ0n) is 20.5. The van der Waals surface area contributed by atoms with E-state index in [1.54, 1.807) is 19.2 Å². The molecule has 36 heavy (non-hydrogen) atoms. The number of anilines is 2. The van der Waals surface area contributed by atoms with Gasteiger partial charge in [-0.05, 0) is 37.1 Å². The average molecular weight is 535 g/mol. The molecule has 194 valence electrons. The van der Waals surface area contributed by atoms with Gasteiger partial charge < -0.3 is 24.6 Å². The number of aromatic nitrogens is 2. The van der Waals surface area contributed by atoms with Crippen molar-refractivity contribution in [3.63, 3.8) is 0 Å². The summed E-state index contributed by atoms with van der Waals surface area (Å²) in [4.78, 5) is 10.9. The van der Waals surface area contributed by atoms with Crippen LogP contribution in [0.4, 0.5) is 11.5 Å². The van der Waals surface area contributed by atoms with Crippen molar-refractivity contribution in [2.75, 3.05) is 38.7 Å². The molecule has 1 saturated heterocycles. The van der Waals surface area contributed by atoms with E-state index in [1.165, 1.54) is 6.33 Å². The maximum absolute atomic E-state index is 10.5. The molecule has 8 nitrogen and oxygen atoms in total. The van der Waals surface area contributed by atoms with Gasteiger partial charge in [-0.15, -0.1) is 0 Å². The first kappa shape index (κ1) is 26.7. The van der Waals surface area contributed by atoms with Crippen LogP contribution in [0.2, 0.25) is 10.0 Å². The molecule has 0 bridgehead atoms. The van der Waals surface area contributed by atoms with E-state index in [1.807, 2.05) is 18.2 Å². The first-order valence-electron chi connectivity index (χ1n) is 12.2. The molecule has 10 heteroatoms. The summed E-state index contributed by atoms with van der Waals surface area (Å²) in [5.41, 5.74) is 1.44. The lowest BCUT2D eigenvalue weighted by molar-refractivity contribution is -0.105. The van der Waals surface area contributed by atoms with Crippen molar-refractivity contribution in [2.45, 2.75) is 44.9 Å². The SMILES string of the molecule is CCCCCC(O)N1CCOC(COc2cc3ncnc(Nc4ccc(Cl)c(Cl)c4)c3cc2OC)C1. The van der Waals surface area contributed by atoms with E-state index < -0.39 is 6.23 Å². The topological polar surface area (TPSA) is 89.0 Å². The lowest BCUT2D eigenvalue weighted by Gasteiger charge is -2.35. The van der Waals surface area contributed by atoms with Crippen LogP contribution in [-0.2, 0) is 4.74 Å². The Hall–Kier alpha value is -2.36. The number of ether oxygens (including phenoxy) is 3. The van der Waals surface area contributed by atoms with E-state index >= 15 is 0 Å². The fraction of sp³-hybridized carbons (Fsp3) is 0.462. The molecule has 2 heterocycles. The van der Waals surface area contributed by atoms with Crippen LogP contribution in [0.5, 0.6) is 11.5 Å². The highest BCUT2D eigenvalue weighted by Gasteiger charge is 2.26. The molecular weight excluding hydrogens is 503 g/mol. The number of aliphatic hydroxyl groups excluding tert-OH is 1. The van der Waals surface area contributed by atoms with Gasteiger partial charge in [-0.2, -0.15) is 0 Å². The van der Waals surface area contributed by atoms with Crippen molar-refractivity contribution in [3.8, 4) is 11.5 Å². The largest absolute Gasteiger partial charge is 0.493 e. The summed E-state index contributed by atoms with van der Waals surface area (Å²) >= 11 is 12.2. The summed E-state index contributed by atoms with van der Waals surface area (Å²) in [5.74, 6) is 1.72. The zero-order chi connectivity index (χ0) is 25.5. The minimum Gasteiger partial charge on any atom is -0.493 e. The molecule has 1 aromatic heterocycles. The summed E-state index contributed by atoms with van der Waals surface area (Å²) in [6, 6.07) is 8.96. The van der Waals surface area contributed by atoms with Gasteiger partial charge in [0, 0.05) is 30.2 Å². The van der Waals surface area contributed by atoms with Gasteiger partial charge in [-0.1, -0.05) is 43.0 Å². The standard InChI is InChI=1S/C26H32Cl2N4O4/c1-3-4-5-6-25(33)32-9-10-35-18(14-32)15-36-24-13-22-19(12-23(24)34-2)26(30-16-29-22)31-17-7-8-20(27)21(28)11-17/h7-8,11-13,16,18,25,33H,3-6,9-10,14-15H2,1-2H3,(H,29,30,31). The molecule has 1 aliphatic rings. The Morgan fingerprint density at radius 1 is 1.17 bits per heavy atom. The van der Waals surface area contributed by atoms with E-state index in [2.05, 4.69) is 27.1 Å². The van der Waals surface area contributed by atoms with Gasteiger partial charge in [0.2, 0.25) is 0 Å². The number of unbranched alkanes of at least 4 members (excludes halogenated alkanes) is 2. The molecule has 0 saturated carbocycles. The van der Waals surface area contributed by atoms with Crippen LogP contribution < -0.4 is 14.8 Å². The number of rotatable bonds is 11. The normalized spacial score (nSPS) is 17.2. The summed E-state index contributed by atoms with van der Waals surface area (Å²) in [5, 5.41) is 15.5. The summed E-state index contributed by atoms with van der Waals surface area (Å²) in [6.07, 6.45) is 4.95. The third kappa shape index (κ3) is 6.69. The summed E-state index contributed by atoms with van der Waals surface area (Å²) in [7, 11) is 1.59. The maximum atomic E-state index is 10.5. The van der Waals surface area contributed by atoms with Crippen LogP contribution in [0.25, 0.3) is 10.9 Å². The number of hydrogen-bond acceptors (Lipinski definition) is 8. The van der Waals surface area contributed by atoms with E-state index in [-0.39, 0.29) is 6.10 Å². The van der Waals surface area contributed by atoms with Crippen LogP contribution in [0.15, 0.2) is 36.7 Å². The van der Waals surface area contributed by atoms with Gasteiger partial charge in [0.05, 0.1) is 29.3 Å². The van der Waals surface area contributed by atoms with Crippen molar-refractivity contribution in [1.82, 2.24) is 14.9 Å². The van der Waals surface area contributed by atoms with Crippen LogP contribution in [0.1, 0.15) is 32.6 Å². The highest BCUT2D eigenvalue weighted by Crippen LogP contribution is 2.35. The Labute approximate surface area is 221 Å². The lowest BCUT2D eigenvalue weighted by atomic mass is 10.1. The van der Waals surface area contributed by atoms with Crippen molar-refractivity contribution in [2.24, 2.45) is 0 Å². The number of fused-ring (bicyclic) bond motifs is 1. The van der Waals surface area contributed by atoms with Crippen molar-refractivity contribution < 1.29 is 19.3 Å². The molecule has 2 N–H and O–H groups in total. The summed E-state index contributed by atoms with van der Waals surface area (Å²) < 4.78 is 17.6. The molecular formula is C26H32Cl2N4O4. The maximum Gasteiger partial charge on any atom is 0.163 e. The second kappa shape index (κ2) is 12.7. The Balaban J connectivity index is 1.45. The number of hydrogen-bond donors (Lipinski definition) is 2. The number of aliphatic hydroxyl groups is 1. The number of nitrogens with one attached hydrogen (secondary N) is 1. The number of halogens is 2. The fourth-order valence-corrected chi connectivity index (χ4v) is 4.50. The molecule has 2 atom stereocenters. The first-order valence-corrected chi connectivity index (χ1v) is 13.0. The third-order valence-corrected chi connectivity index (χ3v) is 6.92. The Morgan fingerprint density at radius 3 is 2.81 bits per heavy atom. The van der Waals surface area contributed by atoms with Crippen molar-refractivity contribution in [1.29, 1.82) is 0 Å². The molecule has 2 aromatic carbocycles. The Kier molecular flexibility index (Phi) is 9.45. The van der Waals surface area contributed by atoms with Gasteiger partial charge in [0.1, 0.15) is 31.1 Å². The van der Waals surface area contributed by atoms with Crippen LogP contribution in [-0.4, -0.2) is 65.7 Å². The van der Waals surface area contributed by atoms with E-state index in [9.17, 15) is 5.11 Å². The molecule has 0 aliphatic carbocycles. The van der Waals surface area contributed by atoms with Gasteiger partial charge in [0.25, 0.3) is 0 Å². The molecule has 0 radical (unpaired) electrons. The molecule has 1 aliphatic heterocycles. The van der Waals surface area contributed by atoms with Crippen LogP contribution in [0, 0.1) is 0 Å². The summed E-state index contributed by atoms with van der Waals surface area (Å²) in [6.45, 7) is 4.39. The number of morpholine rings is 1. The second-order valence-corrected chi connectivity index (χ2v) is 9.59. The first-order chi connectivity index (χ1) is 17.5. The minimum atomic E-state index is -0.448. The Bertz CT molecular complexity index is 1170. The minimum absolute atomic E-state index is 0.155. The van der Waals surface area contributed by atoms with Gasteiger partial charge >= 0.3 is 0 Å². The van der Waals surface area contributed by atoms with Crippen LogP contribution >= 0.6 is 23.2 Å². The van der Waals surface area contributed by atoms with E-state index in [0.29, 0.717) is 59.2 Å². The predicted octanol–water partition coefficient (Wildman–Crippen LogP) is 5.67.